The second-order valence-corrected chi connectivity index (χ2v) is 7.07. The Morgan fingerprint density at radius 3 is 2.42 bits per heavy atom. The minimum absolute atomic E-state index is 0.0610. The van der Waals surface area contributed by atoms with Crippen LogP contribution >= 0.6 is 11.8 Å². The van der Waals surface area contributed by atoms with E-state index in [-0.39, 0.29) is 11.8 Å². The van der Waals surface area contributed by atoms with Gasteiger partial charge in [0.05, 0.1) is 12.3 Å². The number of carbonyl (C=O) groups is 2. The van der Waals surface area contributed by atoms with Gasteiger partial charge in [-0.15, -0.1) is 11.8 Å². The number of hydrogen-bond acceptors (Lipinski definition) is 4. The van der Waals surface area contributed by atoms with Gasteiger partial charge in [0.25, 0.3) is 0 Å². The number of aryl methyl sites for hydroxylation is 1. The smallest absolute Gasteiger partial charge is 0.234 e. The molecule has 0 aromatic heterocycles. The molecule has 6 heteroatoms. The minimum atomic E-state index is 0.0610. The predicted octanol–water partition coefficient (Wildman–Crippen LogP) is 1.51. The van der Waals surface area contributed by atoms with Crippen LogP contribution in [0, 0.1) is 6.92 Å². The van der Waals surface area contributed by atoms with E-state index in [9.17, 15) is 9.59 Å². The molecule has 1 N–H and O–H groups in total. The van der Waals surface area contributed by atoms with Crippen molar-refractivity contribution >= 4 is 23.6 Å². The van der Waals surface area contributed by atoms with Gasteiger partial charge < -0.3 is 10.2 Å². The first-order chi connectivity index (χ1) is 11.6. The first kappa shape index (κ1) is 18.8. The molecule has 1 aromatic rings. The molecule has 0 saturated carbocycles. The molecule has 1 aromatic carbocycles. The van der Waals surface area contributed by atoms with Crippen molar-refractivity contribution in [2.24, 2.45) is 0 Å². The summed E-state index contributed by atoms with van der Waals surface area (Å²) in [6.45, 7) is 8.05. The predicted molar refractivity (Wildman–Crippen MR) is 99.0 cm³/mol. The zero-order valence-corrected chi connectivity index (χ0v) is 15.4. The number of carbonyl (C=O) groups excluding carboxylic acids is 2. The number of amides is 2. The topological polar surface area (TPSA) is 52.7 Å². The highest BCUT2D eigenvalue weighted by Gasteiger charge is 2.22. The lowest BCUT2D eigenvalue weighted by molar-refractivity contribution is -0.130. The Hall–Kier alpha value is -1.53. The van der Waals surface area contributed by atoms with Crippen molar-refractivity contribution in [3.05, 3.63) is 35.4 Å². The Bertz CT molecular complexity index is 540. The molecule has 1 aliphatic heterocycles. The molecule has 1 aliphatic rings. The van der Waals surface area contributed by atoms with Crippen molar-refractivity contribution in [3.8, 4) is 0 Å². The maximum atomic E-state index is 12.3. The number of nitrogens with zero attached hydrogens (tertiary/aromatic N) is 2. The average Bonchev–Trinajstić information content (AvgIpc) is 2.57. The number of likely N-dealkylation sites (N-methyl/N-ethyl adjacent to an activating group) is 1. The third-order valence-electron chi connectivity index (χ3n) is 4.08. The normalized spacial score (nSPS) is 15.3. The highest BCUT2D eigenvalue weighted by molar-refractivity contribution is 7.99. The summed E-state index contributed by atoms with van der Waals surface area (Å²) in [5, 5.41) is 2.81. The zero-order valence-electron chi connectivity index (χ0n) is 14.6. The lowest BCUT2D eigenvalue weighted by Gasteiger charge is -2.34. The molecule has 132 valence electrons. The molecular weight excluding hydrogens is 322 g/mol. The molecule has 0 aliphatic carbocycles. The molecule has 0 unspecified atom stereocenters. The fourth-order valence-electron chi connectivity index (χ4n) is 2.64. The fraction of sp³-hybridized carbons (Fsp3) is 0.556. The molecule has 0 radical (unpaired) electrons. The zero-order chi connectivity index (χ0) is 17.4. The summed E-state index contributed by atoms with van der Waals surface area (Å²) in [5.41, 5.74) is 2.51. The highest BCUT2D eigenvalue weighted by Crippen LogP contribution is 2.14. The Labute approximate surface area is 148 Å². The summed E-state index contributed by atoms with van der Waals surface area (Å²) in [6.07, 6.45) is 0. The van der Waals surface area contributed by atoms with Gasteiger partial charge in [-0.25, -0.2) is 0 Å². The van der Waals surface area contributed by atoms with E-state index in [0.29, 0.717) is 31.9 Å². The van der Waals surface area contributed by atoms with Crippen molar-refractivity contribution in [3.63, 3.8) is 0 Å². The van der Waals surface area contributed by atoms with Crippen LogP contribution in [0.1, 0.15) is 18.1 Å². The molecule has 0 atom stereocenters. The van der Waals surface area contributed by atoms with Crippen LogP contribution in [0.5, 0.6) is 0 Å². The van der Waals surface area contributed by atoms with E-state index in [4.69, 9.17) is 0 Å². The first-order valence-electron chi connectivity index (χ1n) is 8.48. The molecule has 5 nitrogen and oxygen atoms in total. The fourth-order valence-corrected chi connectivity index (χ4v) is 3.53. The summed E-state index contributed by atoms with van der Waals surface area (Å²) >= 11 is 1.66. The Morgan fingerprint density at radius 2 is 1.79 bits per heavy atom. The molecule has 2 rings (SSSR count). The number of thioether (sulfide) groups is 1. The highest BCUT2D eigenvalue weighted by atomic mass is 32.2. The Morgan fingerprint density at radius 1 is 1.12 bits per heavy atom. The molecule has 1 fully saturated rings. The van der Waals surface area contributed by atoms with Crippen LogP contribution in [-0.4, -0.2) is 66.6 Å². The average molecular weight is 350 g/mol. The lowest BCUT2D eigenvalue weighted by atomic mass is 10.2. The summed E-state index contributed by atoms with van der Waals surface area (Å²) in [4.78, 5) is 27.9. The third-order valence-corrected chi connectivity index (χ3v) is 5.07. The van der Waals surface area contributed by atoms with Gasteiger partial charge in [0.15, 0.2) is 0 Å². The van der Waals surface area contributed by atoms with Gasteiger partial charge in [0.1, 0.15) is 0 Å². The summed E-state index contributed by atoms with van der Waals surface area (Å²) < 4.78 is 0. The van der Waals surface area contributed by atoms with E-state index in [1.54, 1.807) is 11.8 Å². The molecule has 1 heterocycles. The maximum Gasteiger partial charge on any atom is 0.234 e. The summed E-state index contributed by atoms with van der Waals surface area (Å²) in [5.74, 6) is 1.64. The summed E-state index contributed by atoms with van der Waals surface area (Å²) in [7, 11) is 0. The number of hydrogen-bond donors (Lipinski definition) is 1. The Balaban J connectivity index is 1.65. The van der Waals surface area contributed by atoms with Crippen molar-refractivity contribution < 1.29 is 9.59 Å². The largest absolute Gasteiger partial charge is 0.355 e. The van der Waals surface area contributed by atoms with Gasteiger partial charge >= 0.3 is 0 Å². The molecule has 0 spiro atoms. The SMILES string of the molecule is CCNC(=O)CN1CCN(C(=O)CSCc2ccc(C)cc2)CC1. The second-order valence-electron chi connectivity index (χ2n) is 6.09. The van der Waals surface area contributed by atoms with E-state index in [1.807, 2.05) is 11.8 Å². The first-order valence-corrected chi connectivity index (χ1v) is 9.64. The van der Waals surface area contributed by atoms with Crippen LogP contribution in [0.4, 0.5) is 0 Å². The van der Waals surface area contributed by atoms with Crippen LogP contribution < -0.4 is 5.32 Å². The number of benzene rings is 1. The van der Waals surface area contributed by atoms with Crippen molar-refractivity contribution in [1.29, 1.82) is 0 Å². The van der Waals surface area contributed by atoms with E-state index < -0.39 is 0 Å². The second kappa shape index (κ2) is 9.69. The van der Waals surface area contributed by atoms with Crippen LogP contribution in [0.25, 0.3) is 0 Å². The third kappa shape index (κ3) is 6.17. The molecule has 24 heavy (non-hydrogen) atoms. The minimum Gasteiger partial charge on any atom is -0.355 e. The molecule has 2 amide bonds. The lowest BCUT2D eigenvalue weighted by Crippen LogP contribution is -2.51. The van der Waals surface area contributed by atoms with Gasteiger partial charge in [-0.05, 0) is 19.4 Å². The van der Waals surface area contributed by atoms with Crippen LogP contribution in [0.2, 0.25) is 0 Å². The van der Waals surface area contributed by atoms with Gasteiger partial charge in [-0.3, -0.25) is 14.5 Å². The van der Waals surface area contributed by atoms with E-state index >= 15 is 0 Å². The van der Waals surface area contributed by atoms with Gasteiger partial charge in [-0.2, -0.15) is 0 Å². The van der Waals surface area contributed by atoms with E-state index in [2.05, 4.69) is 41.4 Å². The maximum absolute atomic E-state index is 12.3. The molecule has 0 bridgehead atoms. The van der Waals surface area contributed by atoms with Gasteiger partial charge in [-0.1, -0.05) is 29.8 Å². The van der Waals surface area contributed by atoms with Crippen LogP contribution in [0.3, 0.4) is 0 Å². The van der Waals surface area contributed by atoms with Crippen molar-refractivity contribution in [2.45, 2.75) is 19.6 Å². The summed E-state index contributed by atoms with van der Waals surface area (Å²) in [6, 6.07) is 8.44. The molecule has 1 saturated heterocycles. The number of nitrogens with one attached hydrogen (secondary N) is 1. The quantitative estimate of drug-likeness (QED) is 0.811. The van der Waals surface area contributed by atoms with Crippen molar-refractivity contribution in [1.82, 2.24) is 15.1 Å². The molecular formula is C18H27N3O2S. The van der Waals surface area contributed by atoms with Crippen molar-refractivity contribution in [2.75, 3.05) is 45.0 Å². The van der Waals surface area contributed by atoms with Crippen LogP contribution in [-0.2, 0) is 15.3 Å². The monoisotopic (exact) mass is 349 g/mol. The van der Waals surface area contributed by atoms with E-state index in [1.165, 1.54) is 11.1 Å². The standard InChI is InChI=1S/C18H27N3O2S/c1-3-19-17(22)12-20-8-10-21(11-9-20)18(23)14-24-13-16-6-4-15(2)5-7-16/h4-7H,3,8-14H2,1-2H3,(H,19,22). The van der Waals surface area contributed by atoms with Gasteiger partial charge in [0, 0.05) is 38.5 Å². The number of rotatable bonds is 7. The van der Waals surface area contributed by atoms with Gasteiger partial charge in [0.2, 0.25) is 11.8 Å². The number of piperazine rings is 1. The van der Waals surface area contributed by atoms with E-state index in [0.717, 1.165) is 18.8 Å². The Kier molecular flexibility index (Phi) is 7.59. The van der Waals surface area contributed by atoms with Crippen LogP contribution in [0.15, 0.2) is 24.3 Å².